The van der Waals surface area contributed by atoms with Crippen molar-refractivity contribution in [1.29, 1.82) is 0 Å². The van der Waals surface area contributed by atoms with E-state index in [1.165, 1.54) is 18.2 Å². The number of benzene rings is 1. The predicted molar refractivity (Wildman–Crippen MR) is 79.8 cm³/mol. The van der Waals surface area contributed by atoms with Gasteiger partial charge in [-0.3, -0.25) is 0 Å². The monoisotopic (exact) mass is 318 g/mol. The SMILES string of the molecule is CC1CC1CNS(=O)(=O)c1ccc(C(N)=S)c(Cl)c1. The molecule has 1 fully saturated rings. The topological polar surface area (TPSA) is 72.2 Å². The maximum atomic E-state index is 12.1. The smallest absolute Gasteiger partial charge is 0.240 e. The van der Waals surface area contributed by atoms with Crippen molar-refractivity contribution < 1.29 is 8.42 Å². The summed E-state index contributed by atoms with van der Waals surface area (Å²) in [6.45, 7) is 2.57. The molecule has 1 saturated carbocycles. The lowest BCUT2D eigenvalue weighted by atomic mass is 10.2. The van der Waals surface area contributed by atoms with E-state index in [4.69, 9.17) is 29.6 Å². The van der Waals surface area contributed by atoms with Gasteiger partial charge in [-0.15, -0.1) is 0 Å². The van der Waals surface area contributed by atoms with E-state index in [2.05, 4.69) is 11.6 Å². The van der Waals surface area contributed by atoms with Crippen molar-refractivity contribution in [2.75, 3.05) is 6.54 Å². The van der Waals surface area contributed by atoms with Gasteiger partial charge in [0.15, 0.2) is 0 Å². The van der Waals surface area contributed by atoms with Crippen molar-refractivity contribution in [3.63, 3.8) is 0 Å². The summed E-state index contributed by atoms with van der Waals surface area (Å²) in [5.41, 5.74) is 5.96. The van der Waals surface area contributed by atoms with Crippen LogP contribution in [0.25, 0.3) is 0 Å². The molecular formula is C12H15ClN2O2S2. The lowest BCUT2D eigenvalue weighted by Crippen LogP contribution is -2.26. The summed E-state index contributed by atoms with van der Waals surface area (Å²) in [5, 5.41) is 0.246. The van der Waals surface area contributed by atoms with Crippen LogP contribution in [-0.2, 0) is 10.0 Å². The molecule has 0 heterocycles. The highest BCUT2D eigenvalue weighted by Gasteiger charge is 2.33. The molecule has 7 heteroatoms. The second-order valence-electron chi connectivity index (χ2n) is 4.83. The standard InChI is InChI=1S/C12H15ClN2O2S2/c1-7-4-8(7)6-15-19(16,17)9-2-3-10(12(14)18)11(13)5-9/h2-3,5,7-8,15H,4,6H2,1H3,(H2,14,18). The number of sulfonamides is 1. The van der Waals surface area contributed by atoms with Crippen LogP contribution in [0.2, 0.25) is 5.02 Å². The van der Waals surface area contributed by atoms with Crippen molar-refractivity contribution in [3.05, 3.63) is 28.8 Å². The second kappa shape index (κ2) is 5.36. The molecule has 1 aliphatic carbocycles. The molecule has 2 rings (SSSR count). The third-order valence-electron chi connectivity index (χ3n) is 3.33. The number of rotatable bonds is 5. The van der Waals surface area contributed by atoms with Crippen molar-refractivity contribution >= 4 is 38.8 Å². The fourth-order valence-electron chi connectivity index (χ4n) is 1.85. The van der Waals surface area contributed by atoms with E-state index in [1.54, 1.807) is 0 Å². The van der Waals surface area contributed by atoms with Crippen LogP contribution >= 0.6 is 23.8 Å². The highest BCUT2D eigenvalue weighted by Crippen LogP contribution is 2.37. The number of nitrogens with one attached hydrogen (secondary N) is 1. The first-order valence-corrected chi connectivity index (χ1v) is 8.17. The zero-order chi connectivity index (χ0) is 14.2. The average molecular weight is 319 g/mol. The van der Waals surface area contributed by atoms with E-state index >= 15 is 0 Å². The molecule has 0 amide bonds. The first-order valence-electron chi connectivity index (χ1n) is 5.90. The summed E-state index contributed by atoms with van der Waals surface area (Å²) in [6.07, 6.45) is 1.07. The molecule has 0 spiro atoms. The summed E-state index contributed by atoms with van der Waals surface area (Å²) in [4.78, 5) is 0.277. The Balaban J connectivity index is 2.16. The van der Waals surface area contributed by atoms with Crippen molar-refractivity contribution in [2.45, 2.75) is 18.2 Å². The van der Waals surface area contributed by atoms with Gasteiger partial charge in [-0.05, 0) is 36.5 Å². The lowest BCUT2D eigenvalue weighted by molar-refractivity contribution is 0.574. The quantitative estimate of drug-likeness (QED) is 0.813. The zero-order valence-corrected chi connectivity index (χ0v) is 12.8. The van der Waals surface area contributed by atoms with E-state index < -0.39 is 10.0 Å². The van der Waals surface area contributed by atoms with Gasteiger partial charge in [-0.25, -0.2) is 13.1 Å². The molecule has 19 heavy (non-hydrogen) atoms. The van der Waals surface area contributed by atoms with Crippen LogP contribution < -0.4 is 10.5 Å². The second-order valence-corrected chi connectivity index (χ2v) is 7.44. The van der Waals surface area contributed by atoms with Crippen LogP contribution in [0, 0.1) is 11.8 Å². The van der Waals surface area contributed by atoms with Gasteiger partial charge in [0.2, 0.25) is 10.0 Å². The van der Waals surface area contributed by atoms with Gasteiger partial charge in [0.05, 0.1) is 9.92 Å². The minimum Gasteiger partial charge on any atom is -0.389 e. The van der Waals surface area contributed by atoms with Crippen molar-refractivity contribution in [2.24, 2.45) is 17.6 Å². The van der Waals surface area contributed by atoms with Crippen molar-refractivity contribution in [3.8, 4) is 0 Å². The third-order valence-corrected chi connectivity index (χ3v) is 5.28. The van der Waals surface area contributed by atoms with Crippen LogP contribution in [0.3, 0.4) is 0 Å². The van der Waals surface area contributed by atoms with E-state index in [1.807, 2.05) is 0 Å². The van der Waals surface area contributed by atoms with Crippen LogP contribution in [0.5, 0.6) is 0 Å². The predicted octanol–water partition coefficient (Wildman–Crippen LogP) is 1.91. The van der Waals surface area contributed by atoms with Gasteiger partial charge >= 0.3 is 0 Å². The molecule has 0 bridgehead atoms. The third kappa shape index (κ3) is 3.45. The molecule has 2 unspecified atom stereocenters. The normalized spacial score (nSPS) is 22.2. The van der Waals surface area contributed by atoms with Crippen LogP contribution in [0.15, 0.2) is 23.1 Å². The summed E-state index contributed by atoms with van der Waals surface area (Å²) in [6, 6.07) is 4.35. The Labute approximate surface area is 123 Å². The Hall–Kier alpha value is -0.690. The molecule has 0 radical (unpaired) electrons. The highest BCUT2D eigenvalue weighted by atomic mass is 35.5. The van der Waals surface area contributed by atoms with E-state index in [0.717, 1.165) is 6.42 Å². The van der Waals surface area contributed by atoms with Gasteiger partial charge in [0.1, 0.15) is 4.99 Å². The fraction of sp³-hybridized carbons (Fsp3) is 0.417. The van der Waals surface area contributed by atoms with Gasteiger partial charge in [0.25, 0.3) is 0 Å². The number of hydrogen-bond donors (Lipinski definition) is 2. The summed E-state index contributed by atoms with van der Waals surface area (Å²) < 4.78 is 26.7. The van der Waals surface area contributed by atoms with Gasteiger partial charge < -0.3 is 5.73 Å². The zero-order valence-electron chi connectivity index (χ0n) is 10.4. The van der Waals surface area contributed by atoms with Gasteiger partial charge in [-0.1, -0.05) is 30.7 Å². The molecule has 1 aliphatic rings. The molecule has 1 aromatic carbocycles. The average Bonchev–Trinajstić information content (AvgIpc) is 3.02. The number of nitrogens with two attached hydrogens (primary N) is 1. The Morgan fingerprint density at radius 3 is 2.68 bits per heavy atom. The fourth-order valence-corrected chi connectivity index (χ4v) is 3.55. The van der Waals surface area contributed by atoms with Crippen LogP contribution in [0.1, 0.15) is 18.9 Å². The molecule has 4 nitrogen and oxygen atoms in total. The molecule has 1 aromatic rings. The summed E-state index contributed by atoms with van der Waals surface area (Å²) >= 11 is 10.8. The van der Waals surface area contributed by atoms with E-state index in [0.29, 0.717) is 23.9 Å². The first-order chi connectivity index (χ1) is 8.81. The summed E-state index contributed by atoms with van der Waals surface area (Å²) in [7, 11) is -3.52. The maximum Gasteiger partial charge on any atom is 0.240 e. The van der Waals surface area contributed by atoms with Gasteiger partial charge in [0, 0.05) is 12.1 Å². The molecule has 2 atom stereocenters. The number of thiocarbonyl (C=S) groups is 1. The van der Waals surface area contributed by atoms with E-state index in [9.17, 15) is 8.42 Å². The Morgan fingerprint density at radius 2 is 2.21 bits per heavy atom. The minimum atomic E-state index is -3.52. The number of hydrogen-bond acceptors (Lipinski definition) is 3. The van der Waals surface area contributed by atoms with Gasteiger partial charge in [-0.2, -0.15) is 0 Å². The minimum absolute atomic E-state index is 0.130. The maximum absolute atomic E-state index is 12.1. The Kier molecular flexibility index (Phi) is 4.15. The molecule has 104 valence electrons. The Morgan fingerprint density at radius 1 is 1.58 bits per heavy atom. The first kappa shape index (κ1) is 14.7. The molecule has 0 saturated heterocycles. The molecule has 0 aromatic heterocycles. The lowest BCUT2D eigenvalue weighted by Gasteiger charge is -2.08. The van der Waals surface area contributed by atoms with Crippen LogP contribution in [0.4, 0.5) is 0 Å². The van der Waals surface area contributed by atoms with Crippen LogP contribution in [-0.4, -0.2) is 20.0 Å². The Bertz CT molecular complexity index is 616. The summed E-state index contributed by atoms with van der Waals surface area (Å²) in [5.74, 6) is 1.05. The molecular weight excluding hydrogens is 304 g/mol. The van der Waals surface area contributed by atoms with E-state index in [-0.39, 0.29) is 14.9 Å². The molecule has 0 aliphatic heterocycles. The largest absolute Gasteiger partial charge is 0.389 e. The highest BCUT2D eigenvalue weighted by molar-refractivity contribution is 7.89. The molecule has 3 N–H and O–H groups in total. The number of halogens is 1. The van der Waals surface area contributed by atoms with Crippen molar-refractivity contribution in [1.82, 2.24) is 4.72 Å².